The van der Waals surface area contributed by atoms with E-state index in [1.165, 1.54) is 12.1 Å². The summed E-state index contributed by atoms with van der Waals surface area (Å²) in [5.74, 6) is -0.208. The normalized spacial score (nSPS) is 12.2. The highest BCUT2D eigenvalue weighted by Crippen LogP contribution is 2.22. The second-order valence-corrected chi connectivity index (χ2v) is 6.67. The fraction of sp³-hybridized carbons (Fsp3) is 0.600. The first-order chi connectivity index (χ1) is 8.88. The monoisotopic (exact) mass is 330 g/mol. The van der Waals surface area contributed by atoms with Gasteiger partial charge in [0.2, 0.25) is 0 Å². The standard InChI is InChI=1S/C15H24BrFN2/c1-4-7-19(11-15(2,3)10-18)9-12-5-6-13(17)8-14(12)16/h5-6,8H,4,7,9-11,18H2,1-3H3. The molecule has 0 aliphatic rings. The van der Waals surface area contributed by atoms with Crippen molar-refractivity contribution in [2.45, 2.75) is 33.7 Å². The van der Waals surface area contributed by atoms with Crippen molar-refractivity contribution in [1.29, 1.82) is 0 Å². The number of nitrogens with two attached hydrogens (primary N) is 1. The third-order valence-corrected chi connectivity index (χ3v) is 3.89. The molecule has 1 aromatic rings. The molecule has 0 aromatic heterocycles. The van der Waals surface area contributed by atoms with Gasteiger partial charge in [-0.2, -0.15) is 0 Å². The van der Waals surface area contributed by atoms with Crippen LogP contribution in [0.5, 0.6) is 0 Å². The summed E-state index contributed by atoms with van der Waals surface area (Å²) in [4.78, 5) is 2.38. The minimum Gasteiger partial charge on any atom is -0.330 e. The molecule has 0 amide bonds. The van der Waals surface area contributed by atoms with Gasteiger partial charge >= 0.3 is 0 Å². The Bertz CT molecular complexity index is 407. The van der Waals surface area contributed by atoms with Crippen molar-refractivity contribution < 1.29 is 4.39 Å². The lowest BCUT2D eigenvalue weighted by Gasteiger charge is -2.32. The topological polar surface area (TPSA) is 29.3 Å². The van der Waals surface area contributed by atoms with E-state index < -0.39 is 0 Å². The highest BCUT2D eigenvalue weighted by atomic mass is 79.9. The van der Waals surface area contributed by atoms with E-state index in [0.717, 1.165) is 36.1 Å². The van der Waals surface area contributed by atoms with Crippen molar-refractivity contribution in [3.63, 3.8) is 0 Å². The fourth-order valence-corrected chi connectivity index (χ4v) is 2.57. The fourth-order valence-electron chi connectivity index (χ4n) is 2.09. The van der Waals surface area contributed by atoms with Crippen molar-refractivity contribution in [2.24, 2.45) is 11.1 Å². The van der Waals surface area contributed by atoms with Gasteiger partial charge in [-0.3, -0.25) is 4.90 Å². The van der Waals surface area contributed by atoms with E-state index in [1.807, 2.05) is 6.07 Å². The molecule has 0 saturated carbocycles. The number of rotatable bonds is 7. The van der Waals surface area contributed by atoms with Gasteiger partial charge in [0.25, 0.3) is 0 Å². The van der Waals surface area contributed by atoms with E-state index in [2.05, 4.69) is 41.6 Å². The van der Waals surface area contributed by atoms with Crippen LogP contribution in [0.4, 0.5) is 4.39 Å². The minimum absolute atomic E-state index is 0.0989. The molecule has 0 aliphatic carbocycles. The zero-order valence-electron chi connectivity index (χ0n) is 12.0. The number of hydrogen-bond acceptors (Lipinski definition) is 2. The molecule has 108 valence electrons. The first-order valence-corrected chi connectivity index (χ1v) is 7.53. The lowest BCUT2D eigenvalue weighted by atomic mass is 9.93. The lowest BCUT2D eigenvalue weighted by molar-refractivity contribution is 0.175. The average molecular weight is 331 g/mol. The molecule has 0 unspecified atom stereocenters. The SMILES string of the molecule is CCCN(Cc1ccc(F)cc1Br)CC(C)(C)CN. The lowest BCUT2D eigenvalue weighted by Crippen LogP contribution is -2.38. The number of nitrogens with zero attached hydrogens (tertiary/aromatic N) is 1. The Hall–Kier alpha value is -0.450. The summed E-state index contributed by atoms with van der Waals surface area (Å²) >= 11 is 3.43. The highest BCUT2D eigenvalue weighted by Gasteiger charge is 2.20. The molecule has 1 rings (SSSR count). The first kappa shape index (κ1) is 16.6. The van der Waals surface area contributed by atoms with Crippen LogP contribution in [0.25, 0.3) is 0 Å². The molecule has 2 N–H and O–H groups in total. The van der Waals surface area contributed by atoms with Crippen LogP contribution in [0.1, 0.15) is 32.8 Å². The summed E-state index contributed by atoms with van der Waals surface area (Å²) < 4.78 is 13.9. The van der Waals surface area contributed by atoms with Crippen LogP contribution in [0.2, 0.25) is 0 Å². The van der Waals surface area contributed by atoms with Crippen molar-refractivity contribution >= 4 is 15.9 Å². The molecule has 0 saturated heterocycles. The van der Waals surface area contributed by atoms with Gasteiger partial charge in [0.1, 0.15) is 5.82 Å². The second kappa shape index (κ2) is 7.36. The van der Waals surface area contributed by atoms with E-state index >= 15 is 0 Å². The molecule has 0 fully saturated rings. The van der Waals surface area contributed by atoms with Gasteiger partial charge in [-0.05, 0) is 42.6 Å². The zero-order chi connectivity index (χ0) is 14.5. The Morgan fingerprint density at radius 3 is 2.58 bits per heavy atom. The van der Waals surface area contributed by atoms with Crippen LogP contribution in [0, 0.1) is 11.2 Å². The van der Waals surface area contributed by atoms with Gasteiger partial charge < -0.3 is 5.73 Å². The Labute approximate surface area is 124 Å². The predicted octanol–water partition coefficient (Wildman–Crippen LogP) is 3.79. The Morgan fingerprint density at radius 1 is 1.37 bits per heavy atom. The Kier molecular flexibility index (Phi) is 6.43. The minimum atomic E-state index is -0.208. The summed E-state index contributed by atoms with van der Waals surface area (Å²) in [6.45, 7) is 9.97. The highest BCUT2D eigenvalue weighted by molar-refractivity contribution is 9.10. The van der Waals surface area contributed by atoms with Crippen LogP contribution in [0.3, 0.4) is 0 Å². The van der Waals surface area contributed by atoms with Gasteiger partial charge in [-0.25, -0.2) is 4.39 Å². The van der Waals surface area contributed by atoms with Crippen molar-refractivity contribution in [3.8, 4) is 0 Å². The predicted molar refractivity (Wildman–Crippen MR) is 82.5 cm³/mol. The van der Waals surface area contributed by atoms with E-state index in [-0.39, 0.29) is 11.2 Å². The van der Waals surface area contributed by atoms with E-state index in [1.54, 1.807) is 0 Å². The Morgan fingerprint density at radius 2 is 2.05 bits per heavy atom. The molecule has 0 radical (unpaired) electrons. The molecule has 0 heterocycles. The van der Waals surface area contributed by atoms with Crippen LogP contribution < -0.4 is 5.73 Å². The van der Waals surface area contributed by atoms with E-state index in [4.69, 9.17) is 5.73 Å². The van der Waals surface area contributed by atoms with Gasteiger partial charge in [0, 0.05) is 17.6 Å². The molecule has 19 heavy (non-hydrogen) atoms. The molecule has 2 nitrogen and oxygen atoms in total. The quantitative estimate of drug-likeness (QED) is 0.824. The maximum atomic E-state index is 13.1. The van der Waals surface area contributed by atoms with Crippen molar-refractivity contribution in [3.05, 3.63) is 34.1 Å². The summed E-state index contributed by atoms with van der Waals surface area (Å²) in [5.41, 5.74) is 7.02. The van der Waals surface area contributed by atoms with E-state index in [0.29, 0.717) is 6.54 Å². The molecular weight excluding hydrogens is 307 g/mol. The maximum Gasteiger partial charge on any atom is 0.124 e. The third-order valence-electron chi connectivity index (χ3n) is 3.15. The van der Waals surface area contributed by atoms with Crippen LogP contribution in [-0.2, 0) is 6.54 Å². The summed E-state index contributed by atoms with van der Waals surface area (Å²) in [5, 5.41) is 0. The zero-order valence-corrected chi connectivity index (χ0v) is 13.6. The summed E-state index contributed by atoms with van der Waals surface area (Å²) in [6, 6.07) is 4.88. The first-order valence-electron chi connectivity index (χ1n) is 6.74. The molecule has 4 heteroatoms. The summed E-state index contributed by atoms with van der Waals surface area (Å²) in [6.07, 6.45) is 1.10. The number of benzene rings is 1. The average Bonchev–Trinajstić information content (AvgIpc) is 2.32. The largest absolute Gasteiger partial charge is 0.330 e. The number of halogens is 2. The van der Waals surface area contributed by atoms with Gasteiger partial charge in [0.15, 0.2) is 0 Å². The second-order valence-electron chi connectivity index (χ2n) is 5.81. The summed E-state index contributed by atoms with van der Waals surface area (Å²) in [7, 11) is 0. The van der Waals surface area contributed by atoms with Crippen LogP contribution in [-0.4, -0.2) is 24.5 Å². The van der Waals surface area contributed by atoms with Gasteiger partial charge in [0.05, 0.1) is 0 Å². The van der Waals surface area contributed by atoms with Crippen LogP contribution in [0.15, 0.2) is 22.7 Å². The molecular formula is C15H24BrFN2. The molecule has 0 atom stereocenters. The molecule has 0 spiro atoms. The smallest absolute Gasteiger partial charge is 0.124 e. The van der Waals surface area contributed by atoms with Gasteiger partial charge in [-0.1, -0.05) is 42.8 Å². The van der Waals surface area contributed by atoms with E-state index in [9.17, 15) is 4.39 Å². The third kappa shape index (κ3) is 5.59. The van der Waals surface area contributed by atoms with Gasteiger partial charge in [-0.15, -0.1) is 0 Å². The molecule has 0 bridgehead atoms. The van der Waals surface area contributed by atoms with Crippen molar-refractivity contribution in [2.75, 3.05) is 19.6 Å². The number of hydrogen-bond donors (Lipinski definition) is 1. The maximum absolute atomic E-state index is 13.1. The van der Waals surface area contributed by atoms with Crippen molar-refractivity contribution in [1.82, 2.24) is 4.90 Å². The Balaban J connectivity index is 2.77. The molecule has 1 aromatic carbocycles. The van der Waals surface area contributed by atoms with Crippen LogP contribution >= 0.6 is 15.9 Å². The molecule has 0 aliphatic heterocycles.